The van der Waals surface area contributed by atoms with Crippen molar-refractivity contribution in [2.24, 2.45) is 0 Å². The van der Waals surface area contributed by atoms with E-state index < -0.39 is 25.8 Å². The highest BCUT2D eigenvalue weighted by Crippen LogP contribution is 2.33. The molecule has 0 unspecified atom stereocenters. The van der Waals surface area contributed by atoms with Crippen LogP contribution in [0.1, 0.15) is 12.8 Å². The minimum absolute atomic E-state index is 0.0811. The number of hydrogen-bond donors (Lipinski definition) is 0. The molecule has 0 aliphatic carbocycles. The Bertz CT molecular complexity index is 893. The van der Waals surface area contributed by atoms with Gasteiger partial charge >= 0.3 is 0 Å². The van der Waals surface area contributed by atoms with Crippen LogP contribution in [0.25, 0.3) is 0 Å². The van der Waals surface area contributed by atoms with E-state index in [4.69, 9.17) is 14.2 Å². The third-order valence-electron chi connectivity index (χ3n) is 5.37. The van der Waals surface area contributed by atoms with Gasteiger partial charge in [-0.25, -0.2) is 16.8 Å². The molecule has 3 aliphatic heterocycles. The van der Waals surface area contributed by atoms with Crippen LogP contribution in [0.4, 0.5) is 0 Å². The van der Waals surface area contributed by atoms with Crippen LogP contribution in [0.5, 0.6) is 0 Å². The summed E-state index contributed by atoms with van der Waals surface area (Å²) >= 11 is 0. The lowest BCUT2D eigenvalue weighted by Crippen LogP contribution is -2.47. The van der Waals surface area contributed by atoms with Crippen molar-refractivity contribution >= 4 is 20.0 Å². The average molecular weight is 433 g/mol. The summed E-state index contributed by atoms with van der Waals surface area (Å²) in [5.74, 6) is -0.651. The van der Waals surface area contributed by atoms with Gasteiger partial charge < -0.3 is 14.2 Å². The maximum absolute atomic E-state index is 12.9. The fourth-order valence-electron chi connectivity index (χ4n) is 3.72. The van der Waals surface area contributed by atoms with Crippen LogP contribution in [0.2, 0.25) is 0 Å². The first-order valence-electron chi connectivity index (χ1n) is 9.30. The van der Waals surface area contributed by atoms with Gasteiger partial charge in [0.2, 0.25) is 20.0 Å². The zero-order chi connectivity index (χ0) is 19.8. The van der Waals surface area contributed by atoms with Crippen molar-refractivity contribution in [3.8, 4) is 0 Å². The first kappa shape index (κ1) is 20.2. The predicted molar refractivity (Wildman–Crippen MR) is 98.6 cm³/mol. The molecule has 3 aliphatic rings. The summed E-state index contributed by atoms with van der Waals surface area (Å²) in [5.41, 5.74) is 0. The molecule has 1 spiro atoms. The number of sulfonamides is 2. The quantitative estimate of drug-likeness (QED) is 0.671. The van der Waals surface area contributed by atoms with Gasteiger partial charge in [-0.15, -0.1) is 0 Å². The summed E-state index contributed by atoms with van der Waals surface area (Å²) in [7, 11) is -7.35. The van der Waals surface area contributed by atoms with Crippen molar-refractivity contribution in [2.45, 2.75) is 28.4 Å². The molecule has 0 aromatic heterocycles. The Morgan fingerprint density at radius 3 is 1.57 bits per heavy atom. The second-order valence-electron chi connectivity index (χ2n) is 7.00. The first-order chi connectivity index (χ1) is 13.3. The van der Waals surface area contributed by atoms with Crippen LogP contribution >= 0.6 is 0 Å². The van der Waals surface area contributed by atoms with Crippen LogP contribution in [-0.4, -0.2) is 83.8 Å². The minimum Gasteiger partial charge on any atom is -0.379 e. The van der Waals surface area contributed by atoms with Gasteiger partial charge in [0.25, 0.3) is 0 Å². The molecule has 3 fully saturated rings. The Kier molecular flexibility index (Phi) is 5.51. The van der Waals surface area contributed by atoms with E-state index >= 15 is 0 Å². The molecule has 0 saturated carbocycles. The van der Waals surface area contributed by atoms with Crippen molar-refractivity contribution in [3.63, 3.8) is 0 Å². The number of benzene rings is 1. The van der Waals surface area contributed by atoms with E-state index in [0.29, 0.717) is 65.4 Å². The molecule has 4 rings (SSSR count). The van der Waals surface area contributed by atoms with Gasteiger partial charge in [-0.3, -0.25) is 0 Å². The Balaban J connectivity index is 1.48. The van der Waals surface area contributed by atoms with Crippen molar-refractivity contribution < 1.29 is 31.0 Å². The zero-order valence-electron chi connectivity index (χ0n) is 15.4. The highest BCUT2D eigenvalue weighted by atomic mass is 32.2. The molecule has 28 heavy (non-hydrogen) atoms. The van der Waals surface area contributed by atoms with E-state index in [0.717, 1.165) is 0 Å². The summed E-state index contributed by atoms with van der Waals surface area (Å²) in [4.78, 5) is 0.163. The maximum Gasteiger partial charge on any atom is 0.243 e. The fraction of sp³-hybridized carbons (Fsp3) is 0.647. The fourth-order valence-corrected chi connectivity index (χ4v) is 6.57. The molecule has 9 nitrogen and oxygen atoms in total. The molecule has 0 N–H and O–H groups in total. The number of nitrogens with zero attached hydrogens (tertiary/aromatic N) is 2. The molecule has 0 amide bonds. The lowest BCUT2D eigenvalue weighted by atomic mass is 10.1. The summed E-state index contributed by atoms with van der Waals surface area (Å²) in [6.45, 7) is 2.97. The standard InChI is InChI=1S/C17H24N2O7S2/c20-27(21,18-7-5-17(6-8-18)25-13-14-26-17)15-1-3-16(4-2-15)28(22,23)19-9-11-24-12-10-19/h1-4H,5-14H2. The molecule has 1 aromatic rings. The summed E-state index contributed by atoms with van der Waals surface area (Å²) in [5, 5.41) is 0. The topological polar surface area (TPSA) is 102 Å². The third-order valence-corrected chi connectivity index (χ3v) is 9.19. The molecule has 0 radical (unpaired) electrons. The highest BCUT2D eigenvalue weighted by molar-refractivity contribution is 7.89. The van der Waals surface area contributed by atoms with E-state index in [1.165, 1.54) is 32.9 Å². The molecule has 0 atom stereocenters. The molecule has 1 aromatic carbocycles. The number of hydrogen-bond acceptors (Lipinski definition) is 7. The van der Waals surface area contributed by atoms with Gasteiger partial charge in [-0.2, -0.15) is 8.61 Å². The lowest BCUT2D eigenvalue weighted by molar-refractivity contribution is -0.179. The summed E-state index contributed by atoms with van der Waals surface area (Å²) < 4.78 is 70.4. The van der Waals surface area contributed by atoms with E-state index in [9.17, 15) is 16.8 Å². The zero-order valence-corrected chi connectivity index (χ0v) is 17.1. The highest BCUT2D eigenvalue weighted by Gasteiger charge is 2.42. The first-order valence-corrected chi connectivity index (χ1v) is 12.2. The van der Waals surface area contributed by atoms with Gasteiger partial charge in [0.1, 0.15) is 0 Å². The Morgan fingerprint density at radius 1 is 0.679 bits per heavy atom. The van der Waals surface area contributed by atoms with Crippen LogP contribution in [-0.2, 0) is 34.3 Å². The number of rotatable bonds is 4. The normalized spacial score (nSPS) is 24.6. The van der Waals surface area contributed by atoms with Gasteiger partial charge in [-0.1, -0.05) is 0 Å². The van der Waals surface area contributed by atoms with Crippen molar-refractivity contribution in [3.05, 3.63) is 24.3 Å². The minimum atomic E-state index is -3.70. The second-order valence-corrected chi connectivity index (χ2v) is 10.9. The largest absolute Gasteiger partial charge is 0.379 e. The molecule has 3 heterocycles. The molecule has 11 heteroatoms. The number of piperidine rings is 1. The molecular formula is C17H24N2O7S2. The molecule has 3 saturated heterocycles. The van der Waals surface area contributed by atoms with Crippen LogP contribution < -0.4 is 0 Å². The van der Waals surface area contributed by atoms with Gasteiger partial charge in [0.05, 0.1) is 36.2 Å². The Labute approximate surface area is 165 Å². The maximum atomic E-state index is 12.9. The molecule has 0 bridgehead atoms. The van der Waals surface area contributed by atoms with Crippen LogP contribution in [0, 0.1) is 0 Å². The Hall–Kier alpha value is -1.08. The molecular weight excluding hydrogens is 408 g/mol. The van der Waals surface area contributed by atoms with Gasteiger partial charge in [0, 0.05) is 39.0 Å². The van der Waals surface area contributed by atoms with E-state index in [2.05, 4.69) is 0 Å². The molecule has 156 valence electrons. The van der Waals surface area contributed by atoms with Crippen molar-refractivity contribution in [1.82, 2.24) is 8.61 Å². The SMILES string of the molecule is O=S(=O)(c1ccc(S(=O)(=O)N2CCC3(CC2)OCCO3)cc1)N1CCOCC1. The second kappa shape index (κ2) is 7.63. The number of ether oxygens (including phenoxy) is 3. The van der Waals surface area contributed by atoms with Gasteiger partial charge in [0.15, 0.2) is 5.79 Å². The average Bonchev–Trinajstić information content (AvgIpc) is 3.17. The number of morpholine rings is 1. The van der Waals surface area contributed by atoms with Crippen molar-refractivity contribution in [1.29, 1.82) is 0 Å². The van der Waals surface area contributed by atoms with Gasteiger partial charge in [-0.05, 0) is 24.3 Å². The van der Waals surface area contributed by atoms with E-state index in [1.807, 2.05) is 0 Å². The van der Waals surface area contributed by atoms with Crippen LogP contribution in [0.15, 0.2) is 34.1 Å². The van der Waals surface area contributed by atoms with Crippen molar-refractivity contribution in [2.75, 3.05) is 52.6 Å². The smallest absolute Gasteiger partial charge is 0.243 e. The lowest BCUT2D eigenvalue weighted by Gasteiger charge is -2.36. The summed E-state index contributed by atoms with van der Waals surface area (Å²) in [6, 6.07) is 5.42. The predicted octanol–water partition coefficient (Wildman–Crippen LogP) is 0.235. The van der Waals surface area contributed by atoms with E-state index in [1.54, 1.807) is 0 Å². The monoisotopic (exact) mass is 432 g/mol. The third kappa shape index (κ3) is 3.72. The summed E-state index contributed by atoms with van der Waals surface area (Å²) in [6.07, 6.45) is 0.964. The van der Waals surface area contributed by atoms with Crippen LogP contribution in [0.3, 0.4) is 0 Å². The Morgan fingerprint density at radius 2 is 1.11 bits per heavy atom. The van der Waals surface area contributed by atoms with E-state index in [-0.39, 0.29) is 9.79 Å².